The smallest absolute Gasteiger partial charge is 0.224 e. The van der Waals surface area contributed by atoms with Crippen molar-refractivity contribution in [1.29, 1.82) is 0 Å². The average molecular weight is 326 g/mol. The van der Waals surface area contributed by atoms with Crippen LogP contribution in [0, 0.1) is 0 Å². The van der Waals surface area contributed by atoms with Crippen LogP contribution < -0.4 is 10.2 Å². The maximum absolute atomic E-state index is 11.7. The predicted molar refractivity (Wildman–Crippen MR) is 90.1 cm³/mol. The average Bonchev–Trinajstić information content (AvgIpc) is 2.85. The third-order valence-corrected chi connectivity index (χ3v) is 5.74. The molecule has 0 aliphatic carbocycles. The fraction of sp³-hybridized carbons (Fsp3) is 0.733. The second-order valence-electron chi connectivity index (χ2n) is 5.72. The highest BCUT2D eigenvalue weighted by Crippen LogP contribution is 2.23. The molecule has 1 unspecified atom stereocenters. The number of unbranched alkanes of at least 4 members (excludes halogenated alkanes) is 2. The number of hydrogen-bond donors (Lipinski definition) is 1. The van der Waals surface area contributed by atoms with Gasteiger partial charge in [0.15, 0.2) is 9.84 Å². The SMILES string of the molecule is CCCCCNc1nccc(N(CC)C2CCS(=O)(=O)C2)n1. The molecule has 0 bridgehead atoms. The first-order chi connectivity index (χ1) is 10.6. The van der Waals surface area contributed by atoms with Gasteiger partial charge < -0.3 is 10.2 Å². The van der Waals surface area contributed by atoms with E-state index in [1.54, 1.807) is 6.20 Å². The summed E-state index contributed by atoms with van der Waals surface area (Å²) in [5, 5.41) is 3.24. The zero-order valence-electron chi connectivity index (χ0n) is 13.5. The Balaban J connectivity index is 2.03. The van der Waals surface area contributed by atoms with Gasteiger partial charge in [0.1, 0.15) is 5.82 Å². The van der Waals surface area contributed by atoms with Crippen molar-refractivity contribution in [2.75, 3.05) is 34.8 Å². The molecule has 7 heteroatoms. The lowest BCUT2D eigenvalue weighted by atomic mass is 10.2. The molecule has 22 heavy (non-hydrogen) atoms. The maximum atomic E-state index is 11.7. The third-order valence-electron chi connectivity index (χ3n) is 3.99. The van der Waals surface area contributed by atoms with E-state index in [9.17, 15) is 8.42 Å². The van der Waals surface area contributed by atoms with E-state index in [1.807, 2.05) is 13.0 Å². The van der Waals surface area contributed by atoms with Crippen molar-refractivity contribution in [2.45, 2.75) is 45.6 Å². The standard InChI is InChI=1S/C15H26N4O2S/c1-3-5-6-9-16-15-17-10-7-14(18-15)19(4-2)13-8-11-22(20,21)12-13/h7,10,13H,3-6,8-9,11-12H2,1-2H3,(H,16,17,18). The van der Waals surface area contributed by atoms with E-state index in [0.29, 0.717) is 12.4 Å². The van der Waals surface area contributed by atoms with Gasteiger partial charge in [-0.2, -0.15) is 4.98 Å². The van der Waals surface area contributed by atoms with E-state index in [1.165, 1.54) is 12.8 Å². The summed E-state index contributed by atoms with van der Waals surface area (Å²) in [6, 6.07) is 1.88. The molecule has 0 aromatic carbocycles. The quantitative estimate of drug-likeness (QED) is 0.737. The summed E-state index contributed by atoms with van der Waals surface area (Å²) in [5.41, 5.74) is 0. The van der Waals surface area contributed by atoms with E-state index in [4.69, 9.17) is 0 Å². The summed E-state index contributed by atoms with van der Waals surface area (Å²) < 4.78 is 23.4. The van der Waals surface area contributed by atoms with Crippen LogP contribution in [-0.2, 0) is 9.84 Å². The molecule has 0 spiro atoms. The molecule has 1 aromatic heterocycles. The van der Waals surface area contributed by atoms with Crippen LogP contribution in [0.3, 0.4) is 0 Å². The number of aromatic nitrogens is 2. The predicted octanol–water partition coefficient (Wildman–Crippen LogP) is 2.09. The summed E-state index contributed by atoms with van der Waals surface area (Å²) in [7, 11) is -2.89. The lowest BCUT2D eigenvalue weighted by molar-refractivity contribution is 0.599. The van der Waals surface area contributed by atoms with Crippen LogP contribution in [0.5, 0.6) is 0 Å². The Morgan fingerprint density at radius 1 is 1.36 bits per heavy atom. The van der Waals surface area contributed by atoms with Gasteiger partial charge >= 0.3 is 0 Å². The minimum atomic E-state index is -2.89. The molecule has 1 fully saturated rings. The van der Waals surface area contributed by atoms with Crippen molar-refractivity contribution in [2.24, 2.45) is 0 Å². The molecule has 1 aromatic rings. The zero-order chi connectivity index (χ0) is 16.0. The molecule has 2 rings (SSSR count). The molecule has 1 atom stereocenters. The number of nitrogens with one attached hydrogen (secondary N) is 1. The van der Waals surface area contributed by atoms with Crippen LogP contribution in [0.25, 0.3) is 0 Å². The van der Waals surface area contributed by atoms with Gasteiger partial charge in [0.05, 0.1) is 11.5 Å². The fourth-order valence-corrected chi connectivity index (χ4v) is 4.53. The van der Waals surface area contributed by atoms with Crippen molar-refractivity contribution in [3.8, 4) is 0 Å². The van der Waals surface area contributed by atoms with Gasteiger partial charge in [-0.3, -0.25) is 0 Å². The molecular formula is C15H26N4O2S. The van der Waals surface area contributed by atoms with Gasteiger partial charge in [-0.25, -0.2) is 13.4 Å². The van der Waals surface area contributed by atoms with E-state index in [0.717, 1.165) is 25.3 Å². The molecule has 0 amide bonds. The largest absolute Gasteiger partial charge is 0.354 e. The molecule has 1 N–H and O–H groups in total. The molecule has 6 nitrogen and oxygen atoms in total. The Morgan fingerprint density at radius 2 is 2.18 bits per heavy atom. The summed E-state index contributed by atoms with van der Waals surface area (Å²) in [5.74, 6) is 1.93. The fourth-order valence-electron chi connectivity index (χ4n) is 2.80. The van der Waals surface area contributed by atoms with E-state index >= 15 is 0 Å². The zero-order valence-corrected chi connectivity index (χ0v) is 14.3. The number of rotatable bonds is 8. The Kier molecular flexibility index (Phi) is 5.99. The lowest BCUT2D eigenvalue weighted by Crippen LogP contribution is -2.36. The topological polar surface area (TPSA) is 75.2 Å². The third kappa shape index (κ3) is 4.56. The summed E-state index contributed by atoms with van der Waals surface area (Å²) >= 11 is 0. The number of nitrogens with zero attached hydrogens (tertiary/aromatic N) is 3. The van der Waals surface area contributed by atoms with Crippen LogP contribution in [0.15, 0.2) is 12.3 Å². The van der Waals surface area contributed by atoms with Crippen LogP contribution in [-0.4, -0.2) is 49.0 Å². The van der Waals surface area contributed by atoms with E-state index in [2.05, 4.69) is 27.1 Å². The van der Waals surface area contributed by atoms with E-state index < -0.39 is 9.84 Å². The van der Waals surface area contributed by atoms with Gasteiger partial charge in [0.25, 0.3) is 0 Å². The maximum Gasteiger partial charge on any atom is 0.224 e. The van der Waals surface area contributed by atoms with Gasteiger partial charge in [-0.1, -0.05) is 19.8 Å². The van der Waals surface area contributed by atoms with Gasteiger partial charge in [-0.15, -0.1) is 0 Å². The van der Waals surface area contributed by atoms with Crippen LogP contribution in [0.1, 0.15) is 39.5 Å². The highest BCUT2D eigenvalue weighted by Gasteiger charge is 2.32. The Bertz CT molecular complexity index is 577. The van der Waals surface area contributed by atoms with E-state index in [-0.39, 0.29) is 17.5 Å². The molecule has 0 radical (unpaired) electrons. The minimum absolute atomic E-state index is 0.0258. The Hall–Kier alpha value is -1.37. The molecule has 1 aliphatic rings. The molecule has 0 saturated carbocycles. The van der Waals surface area contributed by atoms with Crippen LogP contribution >= 0.6 is 0 Å². The molecule has 1 aliphatic heterocycles. The highest BCUT2D eigenvalue weighted by molar-refractivity contribution is 7.91. The molecule has 1 saturated heterocycles. The monoisotopic (exact) mass is 326 g/mol. The first kappa shape index (κ1) is 17.0. The summed E-state index contributed by atoms with van der Waals surface area (Å²) in [6.07, 6.45) is 5.88. The Labute approximate surface area is 133 Å². The molecule has 2 heterocycles. The van der Waals surface area contributed by atoms with Gasteiger partial charge in [0, 0.05) is 25.3 Å². The number of anilines is 2. The summed E-state index contributed by atoms with van der Waals surface area (Å²) in [6.45, 7) is 5.81. The van der Waals surface area contributed by atoms with Crippen LogP contribution in [0.4, 0.5) is 11.8 Å². The van der Waals surface area contributed by atoms with Gasteiger partial charge in [0.2, 0.25) is 5.95 Å². The van der Waals surface area contributed by atoms with Crippen molar-refractivity contribution in [3.63, 3.8) is 0 Å². The van der Waals surface area contributed by atoms with Gasteiger partial charge in [-0.05, 0) is 25.8 Å². The highest BCUT2D eigenvalue weighted by atomic mass is 32.2. The lowest BCUT2D eigenvalue weighted by Gasteiger charge is -2.28. The minimum Gasteiger partial charge on any atom is -0.354 e. The Morgan fingerprint density at radius 3 is 2.82 bits per heavy atom. The van der Waals surface area contributed by atoms with Crippen molar-refractivity contribution in [3.05, 3.63) is 12.3 Å². The first-order valence-electron chi connectivity index (χ1n) is 8.09. The van der Waals surface area contributed by atoms with Crippen molar-refractivity contribution >= 4 is 21.6 Å². The van der Waals surface area contributed by atoms with Crippen LogP contribution in [0.2, 0.25) is 0 Å². The number of sulfone groups is 1. The molecule has 124 valence electrons. The second kappa shape index (κ2) is 7.76. The second-order valence-corrected chi connectivity index (χ2v) is 7.94. The first-order valence-corrected chi connectivity index (χ1v) is 9.92. The van der Waals surface area contributed by atoms with Crippen molar-refractivity contribution < 1.29 is 8.42 Å². The normalized spacial score (nSPS) is 20.0. The summed E-state index contributed by atoms with van der Waals surface area (Å²) in [4.78, 5) is 10.9. The number of hydrogen-bond acceptors (Lipinski definition) is 6. The van der Waals surface area contributed by atoms with Crippen molar-refractivity contribution in [1.82, 2.24) is 9.97 Å². The molecular weight excluding hydrogens is 300 g/mol.